The van der Waals surface area contributed by atoms with Crippen LogP contribution in [0.4, 0.5) is 4.79 Å². The van der Waals surface area contributed by atoms with E-state index in [4.69, 9.17) is 10.00 Å². The van der Waals surface area contributed by atoms with Crippen LogP contribution in [0.3, 0.4) is 0 Å². The van der Waals surface area contributed by atoms with E-state index in [0.717, 1.165) is 5.56 Å². The smallest absolute Gasteiger partial charge is 0.423 e. The van der Waals surface area contributed by atoms with Crippen LogP contribution in [0.25, 0.3) is 0 Å². The van der Waals surface area contributed by atoms with E-state index < -0.39 is 18.6 Å². The van der Waals surface area contributed by atoms with E-state index in [2.05, 4.69) is 4.74 Å². The van der Waals surface area contributed by atoms with Gasteiger partial charge in [0.05, 0.1) is 6.61 Å². The predicted octanol–water partition coefficient (Wildman–Crippen LogP) is 1.67. The van der Waals surface area contributed by atoms with Crippen molar-refractivity contribution in [3.8, 4) is 6.19 Å². The van der Waals surface area contributed by atoms with Gasteiger partial charge in [-0.1, -0.05) is 30.3 Å². The van der Waals surface area contributed by atoms with Crippen LogP contribution in [0.15, 0.2) is 30.3 Å². The lowest BCUT2D eigenvalue weighted by molar-refractivity contribution is -0.143. The molecule has 0 bridgehead atoms. The molecule has 0 heterocycles. The minimum absolute atomic E-state index is 0.0423. The number of hydrogen-bond acceptors (Lipinski definition) is 5. The van der Waals surface area contributed by atoms with Crippen LogP contribution < -0.4 is 0 Å². The number of rotatable bonds is 5. The molecule has 0 saturated heterocycles. The van der Waals surface area contributed by atoms with Crippen molar-refractivity contribution in [3.05, 3.63) is 35.9 Å². The van der Waals surface area contributed by atoms with Crippen molar-refractivity contribution in [2.24, 2.45) is 0 Å². The standard InChI is InChI=1S/C13H14N2O4/c1-2-18-12(16)8-15(10-14)13(17)19-9-11-6-4-3-5-7-11/h3-7H,2,8-9H2,1H3. The average Bonchev–Trinajstić information content (AvgIpc) is 2.43. The molecule has 0 N–H and O–H groups in total. The van der Waals surface area contributed by atoms with Crippen LogP contribution in [-0.4, -0.2) is 30.1 Å². The van der Waals surface area contributed by atoms with Crippen LogP contribution in [0.1, 0.15) is 12.5 Å². The van der Waals surface area contributed by atoms with Gasteiger partial charge in [0, 0.05) is 0 Å². The van der Waals surface area contributed by atoms with Crippen molar-refractivity contribution in [2.75, 3.05) is 13.2 Å². The second-order valence-electron chi connectivity index (χ2n) is 3.53. The topological polar surface area (TPSA) is 79.6 Å². The Labute approximate surface area is 111 Å². The van der Waals surface area contributed by atoms with Gasteiger partial charge in [-0.15, -0.1) is 0 Å². The van der Waals surface area contributed by atoms with Gasteiger partial charge >= 0.3 is 12.1 Å². The summed E-state index contributed by atoms with van der Waals surface area (Å²) < 4.78 is 9.56. The van der Waals surface area contributed by atoms with E-state index in [0.29, 0.717) is 4.90 Å². The number of amides is 1. The second kappa shape index (κ2) is 7.71. The summed E-state index contributed by atoms with van der Waals surface area (Å²) in [4.78, 5) is 23.3. The Balaban J connectivity index is 2.46. The summed E-state index contributed by atoms with van der Waals surface area (Å²) >= 11 is 0. The van der Waals surface area contributed by atoms with Gasteiger partial charge in [-0.3, -0.25) is 4.79 Å². The van der Waals surface area contributed by atoms with E-state index in [1.165, 1.54) is 0 Å². The number of nitriles is 1. The number of benzene rings is 1. The molecule has 0 radical (unpaired) electrons. The zero-order valence-electron chi connectivity index (χ0n) is 10.5. The molecule has 0 spiro atoms. The fourth-order valence-electron chi connectivity index (χ4n) is 1.27. The zero-order chi connectivity index (χ0) is 14.1. The lowest BCUT2D eigenvalue weighted by Gasteiger charge is -2.12. The molecule has 6 nitrogen and oxygen atoms in total. The van der Waals surface area contributed by atoms with Gasteiger partial charge < -0.3 is 9.47 Å². The Hall–Kier alpha value is -2.55. The fraction of sp³-hybridized carbons (Fsp3) is 0.308. The molecule has 0 unspecified atom stereocenters. The van der Waals surface area contributed by atoms with Gasteiger partial charge in [0.25, 0.3) is 0 Å². The Morgan fingerprint density at radius 1 is 1.26 bits per heavy atom. The summed E-state index contributed by atoms with van der Waals surface area (Å²) in [6.45, 7) is 1.43. The molecular formula is C13H14N2O4. The lowest BCUT2D eigenvalue weighted by atomic mass is 10.2. The first-order valence-corrected chi connectivity index (χ1v) is 5.71. The van der Waals surface area contributed by atoms with E-state index in [9.17, 15) is 9.59 Å². The summed E-state index contributed by atoms with van der Waals surface area (Å²) in [5, 5.41) is 8.78. The minimum atomic E-state index is -0.876. The zero-order valence-corrected chi connectivity index (χ0v) is 10.5. The van der Waals surface area contributed by atoms with Crippen molar-refractivity contribution in [1.82, 2.24) is 4.90 Å². The molecule has 1 amide bonds. The van der Waals surface area contributed by atoms with Crippen LogP contribution in [0.2, 0.25) is 0 Å². The maximum atomic E-state index is 11.6. The summed E-state index contributed by atoms with van der Waals surface area (Å²) in [6.07, 6.45) is 0.710. The Morgan fingerprint density at radius 3 is 2.53 bits per heavy atom. The number of esters is 1. The summed E-state index contributed by atoms with van der Waals surface area (Å²) in [5.41, 5.74) is 0.796. The summed E-state index contributed by atoms with van der Waals surface area (Å²) in [7, 11) is 0. The number of carbonyl (C=O) groups excluding carboxylic acids is 2. The first-order chi connectivity index (χ1) is 9.17. The number of hydrogen-bond donors (Lipinski definition) is 0. The highest BCUT2D eigenvalue weighted by atomic mass is 16.6. The van der Waals surface area contributed by atoms with Crippen molar-refractivity contribution < 1.29 is 19.1 Å². The largest absolute Gasteiger partial charge is 0.465 e. The van der Waals surface area contributed by atoms with Crippen molar-refractivity contribution in [3.63, 3.8) is 0 Å². The van der Waals surface area contributed by atoms with Crippen molar-refractivity contribution in [1.29, 1.82) is 5.26 Å². The molecule has 19 heavy (non-hydrogen) atoms. The van der Waals surface area contributed by atoms with Gasteiger partial charge in [0.1, 0.15) is 13.2 Å². The lowest BCUT2D eigenvalue weighted by Crippen LogP contribution is -2.33. The Morgan fingerprint density at radius 2 is 1.95 bits per heavy atom. The Kier molecular flexibility index (Phi) is 5.89. The molecular weight excluding hydrogens is 248 g/mol. The SMILES string of the molecule is CCOC(=O)CN(C#N)C(=O)OCc1ccccc1. The predicted molar refractivity (Wildman–Crippen MR) is 65.6 cm³/mol. The van der Waals surface area contributed by atoms with E-state index in [-0.39, 0.29) is 13.2 Å². The van der Waals surface area contributed by atoms with E-state index >= 15 is 0 Å². The molecule has 0 aromatic heterocycles. The van der Waals surface area contributed by atoms with E-state index in [1.807, 2.05) is 18.2 Å². The maximum absolute atomic E-state index is 11.6. The minimum Gasteiger partial charge on any atom is -0.465 e. The third-order valence-corrected chi connectivity index (χ3v) is 2.14. The van der Waals surface area contributed by atoms with Crippen LogP contribution in [0.5, 0.6) is 0 Å². The molecule has 1 rings (SSSR count). The van der Waals surface area contributed by atoms with Gasteiger partial charge in [-0.05, 0) is 12.5 Å². The normalized spacial score (nSPS) is 9.26. The highest BCUT2D eigenvalue weighted by Gasteiger charge is 2.18. The third-order valence-electron chi connectivity index (χ3n) is 2.14. The molecule has 1 aromatic carbocycles. The van der Waals surface area contributed by atoms with Crippen LogP contribution in [-0.2, 0) is 20.9 Å². The molecule has 100 valence electrons. The molecule has 0 saturated carbocycles. The van der Waals surface area contributed by atoms with Gasteiger partial charge in [-0.25, -0.2) is 9.69 Å². The number of ether oxygens (including phenoxy) is 2. The second-order valence-corrected chi connectivity index (χ2v) is 3.53. The first-order valence-electron chi connectivity index (χ1n) is 5.71. The third kappa shape index (κ3) is 5.08. The number of nitrogens with zero attached hydrogens (tertiary/aromatic N) is 2. The average molecular weight is 262 g/mol. The Bertz CT molecular complexity index is 467. The summed E-state index contributed by atoms with van der Waals surface area (Å²) in [6, 6.07) is 9.03. The molecule has 6 heteroatoms. The van der Waals surface area contributed by atoms with Crippen molar-refractivity contribution >= 4 is 12.1 Å². The van der Waals surface area contributed by atoms with Crippen LogP contribution in [0, 0.1) is 11.5 Å². The fourth-order valence-corrected chi connectivity index (χ4v) is 1.27. The molecule has 0 aliphatic heterocycles. The van der Waals surface area contributed by atoms with Crippen LogP contribution >= 0.6 is 0 Å². The monoisotopic (exact) mass is 262 g/mol. The van der Waals surface area contributed by atoms with Gasteiger partial charge in [0.15, 0.2) is 6.19 Å². The quantitative estimate of drug-likeness (QED) is 0.458. The molecule has 1 aromatic rings. The molecule has 0 aliphatic rings. The number of carbonyl (C=O) groups is 2. The molecule has 0 aliphatic carbocycles. The van der Waals surface area contributed by atoms with Gasteiger partial charge in [0.2, 0.25) is 0 Å². The van der Waals surface area contributed by atoms with Crippen molar-refractivity contribution in [2.45, 2.75) is 13.5 Å². The molecule has 0 atom stereocenters. The summed E-state index contributed by atoms with van der Waals surface area (Å²) in [5.74, 6) is -0.652. The van der Waals surface area contributed by atoms with E-state index in [1.54, 1.807) is 25.2 Å². The highest BCUT2D eigenvalue weighted by Crippen LogP contribution is 2.03. The highest BCUT2D eigenvalue weighted by molar-refractivity contribution is 5.79. The van der Waals surface area contributed by atoms with Gasteiger partial charge in [-0.2, -0.15) is 5.26 Å². The maximum Gasteiger partial charge on any atom is 0.423 e. The first kappa shape index (κ1) is 14.5. The molecule has 0 fully saturated rings.